The fourth-order valence-electron chi connectivity index (χ4n) is 5.13. The van der Waals surface area contributed by atoms with E-state index in [0.29, 0.717) is 6.61 Å². The first kappa shape index (κ1) is 33.6. The van der Waals surface area contributed by atoms with Gasteiger partial charge in [0, 0.05) is 18.1 Å². The molecule has 0 saturated carbocycles. The van der Waals surface area contributed by atoms with Crippen LogP contribution in [0, 0.1) is 0 Å². The number of carbonyl (C=O) groups is 1. The number of aryl methyl sites for hydroxylation is 2. The van der Waals surface area contributed by atoms with Crippen molar-refractivity contribution in [1.82, 2.24) is 5.32 Å². The van der Waals surface area contributed by atoms with E-state index in [2.05, 4.69) is 54.0 Å². The van der Waals surface area contributed by atoms with Crippen LogP contribution in [0.2, 0.25) is 0 Å². The van der Waals surface area contributed by atoms with Crippen LogP contribution < -0.4 is 9.88 Å². The van der Waals surface area contributed by atoms with Crippen molar-refractivity contribution in [1.29, 1.82) is 0 Å². The monoisotopic (exact) mass is 549 g/mol. The second-order valence-corrected chi connectivity index (χ2v) is 12.0. The van der Waals surface area contributed by atoms with Crippen LogP contribution in [0.15, 0.2) is 55.4 Å². The van der Waals surface area contributed by atoms with Crippen LogP contribution in [0.4, 0.5) is 4.79 Å². The molecule has 0 spiro atoms. The standard InChI is InChI=1S/C36H56N2O2/c1-6-7-8-9-14-17-22-32-23-21-27-38(30-32)26-18-15-12-10-11-13-16-19-28-40-35(39)37-36(4,5)34-25-20-24-33(29-34)31(2)3/h20-21,23-25,27,29-30H,2,6-19,22,26,28H2,1,3-5H3/p+1. The minimum absolute atomic E-state index is 0.350. The van der Waals surface area contributed by atoms with Gasteiger partial charge in [0.15, 0.2) is 12.4 Å². The second kappa shape index (κ2) is 19.5. The molecule has 1 amide bonds. The van der Waals surface area contributed by atoms with Gasteiger partial charge in [0.25, 0.3) is 0 Å². The molecule has 0 atom stereocenters. The number of hydrogen-bond acceptors (Lipinski definition) is 2. The van der Waals surface area contributed by atoms with Gasteiger partial charge in [-0.05, 0) is 69.7 Å². The van der Waals surface area contributed by atoms with E-state index in [1.54, 1.807) is 0 Å². The van der Waals surface area contributed by atoms with Gasteiger partial charge in [0.2, 0.25) is 0 Å². The molecule has 0 saturated heterocycles. The lowest BCUT2D eigenvalue weighted by atomic mass is 9.92. The molecular weight excluding hydrogens is 492 g/mol. The van der Waals surface area contributed by atoms with Crippen molar-refractivity contribution in [2.45, 2.75) is 136 Å². The maximum atomic E-state index is 12.3. The van der Waals surface area contributed by atoms with E-state index in [-0.39, 0.29) is 6.09 Å². The number of benzene rings is 1. The van der Waals surface area contributed by atoms with Crippen molar-refractivity contribution in [3.8, 4) is 0 Å². The van der Waals surface area contributed by atoms with Crippen molar-refractivity contribution in [3.05, 3.63) is 72.1 Å². The van der Waals surface area contributed by atoms with Gasteiger partial charge in [-0.1, -0.05) is 101 Å². The van der Waals surface area contributed by atoms with Crippen molar-refractivity contribution in [2.24, 2.45) is 0 Å². The van der Waals surface area contributed by atoms with E-state index < -0.39 is 5.54 Å². The fourth-order valence-corrected chi connectivity index (χ4v) is 5.13. The molecule has 0 aliphatic rings. The number of unbranched alkanes of at least 4 members (excludes halogenated alkanes) is 12. The highest BCUT2D eigenvalue weighted by molar-refractivity contribution is 5.69. The number of ether oxygens (including phenoxy) is 1. The minimum atomic E-state index is -0.503. The van der Waals surface area contributed by atoms with Gasteiger partial charge in [-0.15, -0.1) is 0 Å². The SMILES string of the molecule is C=C(C)c1cccc(C(C)(C)NC(=O)OCCCCCCCCCC[n+]2cccc(CCCCCCCC)c2)c1. The summed E-state index contributed by atoms with van der Waals surface area (Å²) < 4.78 is 7.84. The van der Waals surface area contributed by atoms with Gasteiger partial charge in [0.1, 0.15) is 6.54 Å². The largest absolute Gasteiger partial charge is 0.450 e. The minimum Gasteiger partial charge on any atom is -0.450 e. The summed E-state index contributed by atoms with van der Waals surface area (Å²) in [4.78, 5) is 12.3. The Hall–Kier alpha value is -2.62. The Morgan fingerprint density at radius 3 is 2.23 bits per heavy atom. The molecule has 1 aromatic carbocycles. The van der Waals surface area contributed by atoms with Crippen molar-refractivity contribution >= 4 is 11.7 Å². The Kier molecular flexibility index (Phi) is 16.3. The summed E-state index contributed by atoms with van der Waals surface area (Å²) in [6.45, 7) is 13.9. The molecule has 0 aliphatic heterocycles. The van der Waals surface area contributed by atoms with E-state index in [1.165, 1.54) is 89.0 Å². The number of pyridine rings is 1. The molecule has 0 bridgehead atoms. The summed E-state index contributed by atoms with van der Waals surface area (Å²) in [7, 11) is 0. The van der Waals surface area contributed by atoms with Gasteiger partial charge < -0.3 is 10.1 Å². The molecule has 4 nitrogen and oxygen atoms in total. The number of aromatic nitrogens is 1. The normalized spacial score (nSPS) is 11.4. The van der Waals surface area contributed by atoms with Crippen molar-refractivity contribution in [3.63, 3.8) is 0 Å². The van der Waals surface area contributed by atoms with Crippen LogP contribution in [0.5, 0.6) is 0 Å². The van der Waals surface area contributed by atoms with Crippen molar-refractivity contribution in [2.75, 3.05) is 6.61 Å². The van der Waals surface area contributed by atoms with Crippen LogP contribution in [-0.4, -0.2) is 12.7 Å². The molecule has 4 heteroatoms. The van der Waals surface area contributed by atoms with E-state index in [0.717, 1.165) is 36.1 Å². The highest BCUT2D eigenvalue weighted by Gasteiger charge is 2.23. The van der Waals surface area contributed by atoms with E-state index in [4.69, 9.17) is 4.74 Å². The van der Waals surface area contributed by atoms with Gasteiger partial charge in [-0.2, -0.15) is 0 Å². The zero-order valence-corrected chi connectivity index (χ0v) is 26.1. The van der Waals surface area contributed by atoms with Gasteiger partial charge in [-0.25, -0.2) is 9.36 Å². The summed E-state index contributed by atoms with van der Waals surface area (Å²) in [6.07, 6.45) is 23.2. The molecule has 0 radical (unpaired) electrons. The zero-order chi connectivity index (χ0) is 29.1. The van der Waals surface area contributed by atoms with E-state index in [1.807, 2.05) is 39.0 Å². The van der Waals surface area contributed by atoms with Crippen LogP contribution in [0.25, 0.3) is 5.57 Å². The number of nitrogens with one attached hydrogen (secondary N) is 1. The molecule has 1 heterocycles. The number of nitrogens with zero attached hydrogens (tertiary/aromatic N) is 1. The molecular formula is C36H57N2O2+. The third-order valence-corrected chi connectivity index (χ3v) is 7.77. The van der Waals surface area contributed by atoms with Crippen LogP contribution >= 0.6 is 0 Å². The predicted molar refractivity (Wildman–Crippen MR) is 169 cm³/mol. The smallest absolute Gasteiger partial charge is 0.407 e. The summed E-state index contributed by atoms with van der Waals surface area (Å²) in [5.41, 5.74) is 4.12. The lowest BCUT2D eigenvalue weighted by molar-refractivity contribution is -0.697. The molecule has 0 unspecified atom stereocenters. The van der Waals surface area contributed by atoms with Crippen LogP contribution in [0.1, 0.15) is 134 Å². The Balaban J connectivity index is 1.47. The van der Waals surface area contributed by atoms with Crippen LogP contribution in [-0.2, 0) is 23.2 Å². The number of alkyl carbamates (subject to hydrolysis) is 1. The maximum absolute atomic E-state index is 12.3. The molecule has 0 fully saturated rings. The first-order valence-electron chi connectivity index (χ1n) is 16.0. The van der Waals surface area contributed by atoms with E-state index in [9.17, 15) is 4.79 Å². The average molecular weight is 550 g/mol. The molecule has 222 valence electrons. The highest BCUT2D eigenvalue weighted by Crippen LogP contribution is 2.23. The summed E-state index contributed by atoms with van der Waals surface area (Å²) >= 11 is 0. The molecule has 40 heavy (non-hydrogen) atoms. The Morgan fingerprint density at radius 2 is 1.52 bits per heavy atom. The third-order valence-electron chi connectivity index (χ3n) is 7.77. The van der Waals surface area contributed by atoms with E-state index >= 15 is 0 Å². The Morgan fingerprint density at radius 1 is 0.875 bits per heavy atom. The number of carbonyl (C=O) groups excluding carboxylic acids is 1. The summed E-state index contributed by atoms with van der Waals surface area (Å²) in [6, 6.07) is 12.6. The lowest BCUT2D eigenvalue weighted by Gasteiger charge is -2.27. The quantitative estimate of drug-likeness (QED) is 0.124. The van der Waals surface area contributed by atoms with Crippen LogP contribution in [0.3, 0.4) is 0 Å². The first-order valence-corrected chi connectivity index (χ1v) is 16.0. The number of hydrogen-bond donors (Lipinski definition) is 1. The van der Waals surface area contributed by atoms with Gasteiger partial charge in [-0.3, -0.25) is 0 Å². The molecule has 0 aliphatic carbocycles. The third kappa shape index (κ3) is 14.1. The van der Waals surface area contributed by atoms with Gasteiger partial charge >= 0.3 is 6.09 Å². The average Bonchev–Trinajstić information content (AvgIpc) is 2.93. The zero-order valence-electron chi connectivity index (χ0n) is 26.1. The summed E-state index contributed by atoms with van der Waals surface area (Å²) in [5.74, 6) is 0. The molecule has 1 N–H and O–H groups in total. The fraction of sp³-hybridized carbons (Fsp3) is 0.611. The topological polar surface area (TPSA) is 42.2 Å². The Labute approximate surface area is 245 Å². The van der Waals surface area contributed by atoms with Gasteiger partial charge in [0.05, 0.1) is 12.1 Å². The Bertz CT molecular complexity index is 998. The number of amides is 1. The molecule has 1 aromatic heterocycles. The lowest BCUT2D eigenvalue weighted by Crippen LogP contribution is -2.41. The summed E-state index contributed by atoms with van der Waals surface area (Å²) in [5, 5.41) is 3.01. The molecule has 2 aromatic rings. The predicted octanol–water partition coefficient (Wildman–Crippen LogP) is 9.69. The first-order chi connectivity index (χ1) is 19.3. The van der Waals surface area contributed by atoms with Crippen molar-refractivity contribution < 1.29 is 14.1 Å². The maximum Gasteiger partial charge on any atom is 0.407 e. The second-order valence-electron chi connectivity index (χ2n) is 12.0. The molecule has 2 rings (SSSR count). The highest BCUT2D eigenvalue weighted by atomic mass is 16.5. The number of rotatable bonds is 21. The number of allylic oxidation sites excluding steroid dienone is 1.